The fourth-order valence-electron chi connectivity index (χ4n) is 4.84. The third kappa shape index (κ3) is 4.14. The van der Waals surface area contributed by atoms with Crippen LogP contribution in [0.3, 0.4) is 0 Å². The molecule has 0 spiro atoms. The second-order valence-electron chi connectivity index (χ2n) is 8.04. The molecule has 0 bridgehead atoms. The molecule has 2 saturated heterocycles. The molecule has 1 aromatic heterocycles. The number of fused-ring (bicyclic) bond motifs is 1. The zero-order chi connectivity index (χ0) is 19.3. The molecular formula is C23H31N3O2. The van der Waals surface area contributed by atoms with Gasteiger partial charge in [0.1, 0.15) is 12.4 Å². The van der Waals surface area contributed by atoms with Gasteiger partial charge in [-0.25, -0.2) is 4.98 Å². The quantitative estimate of drug-likeness (QED) is 0.792. The number of likely N-dealkylation sites (tertiary alicyclic amines) is 1. The van der Waals surface area contributed by atoms with Crippen LogP contribution in [0.5, 0.6) is 0 Å². The summed E-state index contributed by atoms with van der Waals surface area (Å²) in [6.07, 6.45) is 6.65. The maximum atomic E-state index is 12.1. The summed E-state index contributed by atoms with van der Waals surface area (Å²) in [6.45, 7) is 6.71. The van der Waals surface area contributed by atoms with Gasteiger partial charge in [0, 0.05) is 44.4 Å². The molecule has 150 valence electrons. The van der Waals surface area contributed by atoms with Gasteiger partial charge in [-0.15, -0.1) is 0 Å². The van der Waals surface area contributed by atoms with E-state index < -0.39 is 0 Å². The molecule has 5 heteroatoms. The minimum atomic E-state index is 0.150. The molecule has 2 aliphatic heterocycles. The average molecular weight is 382 g/mol. The highest BCUT2D eigenvalue weighted by atomic mass is 16.5. The summed E-state index contributed by atoms with van der Waals surface area (Å²) in [5, 5.41) is 2.52. The van der Waals surface area contributed by atoms with Gasteiger partial charge in [0.15, 0.2) is 0 Å². The molecular weight excluding hydrogens is 350 g/mol. The van der Waals surface area contributed by atoms with Crippen molar-refractivity contribution in [3.05, 3.63) is 36.5 Å². The number of pyridine rings is 1. The number of hydrogen-bond acceptors (Lipinski definition) is 4. The van der Waals surface area contributed by atoms with Crippen LogP contribution in [0.25, 0.3) is 10.8 Å². The van der Waals surface area contributed by atoms with E-state index in [1.807, 2.05) is 18.0 Å². The topological polar surface area (TPSA) is 45.7 Å². The number of anilines is 1. The van der Waals surface area contributed by atoms with Gasteiger partial charge in [0.2, 0.25) is 5.91 Å². The maximum Gasteiger partial charge on any atom is 0.248 e. The number of amides is 1. The largest absolute Gasteiger partial charge is 0.372 e. The van der Waals surface area contributed by atoms with Crippen LogP contribution in [0.1, 0.15) is 32.6 Å². The van der Waals surface area contributed by atoms with Crippen molar-refractivity contribution in [1.29, 1.82) is 0 Å². The van der Waals surface area contributed by atoms with E-state index in [0.29, 0.717) is 6.61 Å². The second kappa shape index (κ2) is 8.91. The molecule has 2 fully saturated rings. The zero-order valence-corrected chi connectivity index (χ0v) is 16.8. The van der Waals surface area contributed by atoms with E-state index >= 15 is 0 Å². The van der Waals surface area contributed by atoms with Gasteiger partial charge in [-0.3, -0.25) is 4.79 Å². The average Bonchev–Trinajstić information content (AvgIpc) is 2.77. The molecule has 5 nitrogen and oxygen atoms in total. The van der Waals surface area contributed by atoms with Crippen LogP contribution >= 0.6 is 0 Å². The summed E-state index contributed by atoms with van der Waals surface area (Å²) in [5.74, 6) is 2.80. The molecule has 2 aliphatic rings. The second-order valence-corrected chi connectivity index (χ2v) is 8.04. The van der Waals surface area contributed by atoms with Crippen molar-refractivity contribution in [3.8, 4) is 0 Å². The van der Waals surface area contributed by atoms with E-state index in [1.165, 1.54) is 23.6 Å². The van der Waals surface area contributed by atoms with E-state index in [-0.39, 0.29) is 12.5 Å². The Balaban J connectivity index is 1.31. The van der Waals surface area contributed by atoms with Crippen LogP contribution in [0.4, 0.5) is 5.82 Å². The Morgan fingerprint density at radius 2 is 1.71 bits per heavy atom. The first-order valence-electron chi connectivity index (χ1n) is 10.7. The normalized spacial score (nSPS) is 19.3. The Kier molecular flexibility index (Phi) is 6.10. The van der Waals surface area contributed by atoms with Crippen LogP contribution in [0, 0.1) is 11.8 Å². The van der Waals surface area contributed by atoms with Gasteiger partial charge in [-0.2, -0.15) is 0 Å². The van der Waals surface area contributed by atoms with Crippen molar-refractivity contribution in [2.75, 3.05) is 44.3 Å². The van der Waals surface area contributed by atoms with Crippen LogP contribution in [-0.2, 0) is 9.53 Å². The number of piperidine rings is 2. The molecule has 0 radical (unpaired) electrons. The first kappa shape index (κ1) is 19.2. The lowest BCUT2D eigenvalue weighted by Crippen LogP contribution is -2.44. The Bertz CT molecular complexity index is 788. The molecule has 2 aromatic rings. The molecule has 0 aliphatic carbocycles. The number of ether oxygens (including phenoxy) is 1. The standard InChI is InChI=1S/C23H31N3O2/c1-2-28-17-22(27)25-13-8-18(9-14-25)19-10-15-26(16-11-19)23-21-6-4-3-5-20(21)7-12-24-23/h3-7,12,18-19H,2,8-11,13-17H2,1H3. The van der Waals surface area contributed by atoms with E-state index in [0.717, 1.165) is 56.7 Å². The first-order chi connectivity index (χ1) is 13.8. The maximum absolute atomic E-state index is 12.1. The number of hydrogen-bond donors (Lipinski definition) is 0. The van der Waals surface area contributed by atoms with Crippen molar-refractivity contribution in [1.82, 2.24) is 9.88 Å². The van der Waals surface area contributed by atoms with Gasteiger partial charge < -0.3 is 14.5 Å². The van der Waals surface area contributed by atoms with Crippen LogP contribution in [-0.4, -0.2) is 55.2 Å². The molecule has 4 rings (SSSR count). The third-order valence-electron chi connectivity index (χ3n) is 6.48. The minimum Gasteiger partial charge on any atom is -0.372 e. The smallest absolute Gasteiger partial charge is 0.248 e. The summed E-state index contributed by atoms with van der Waals surface area (Å²) in [6, 6.07) is 10.6. The van der Waals surface area contributed by atoms with Crippen molar-refractivity contribution in [3.63, 3.8) is 0 Å². The molecule has 0 N–H and O–H groups in total. The summed E-state index contributed by atoms with van der Waals surface area (Å²) >= 11 is 0. The third-order valence-corrected chi connectivity index (χ3v) is 6.48. The molecule has 0 saturated carbocycles. The highest BCUT2D eigenvalue weighted by Crippen LogP contribution is 2.35. The fourth-order valence-corrected chi connectivity index (χ4v) is 4.84. The summed E-state index contributed by atoms with van der Waals surface area (Å²) in [4.78, 5) is 21.3. The van der Waals surface area contributed by atoms with Gasteiger partial charge in [-0.1, -0.05) is 24.3 Å². The van der Waals surface area contributed by atoms with Gasteiger partial charge in [0.05, 0.1) is 0 Å². The van der Waals surface area contributed by atoms with Crippen LogP contribution in [0.15, 0.2) is 36.5 Å². The summed E-state index contributed by atoms with van der Waals surface area (Å²) < 4.78 is 5.27. The molecule has 3 heterocycles. The fraction of sp³-hybridized carbons (Fsp3) is 0.565. The first-order valence-corrected chi connectivity index (χ1v) is 10.7. The Labute approximate surface area is 167 Å². The van der Waals surface area contributed by atoms with Crippen LogP contribution in [0.2, 0.25) is 0 Å². The van der Waals surface area contributed by atoms with Crippen LogP contribution < -0.4 is 4.90 Å². The molecule has 0 unspecified atom stereocenters. The summed E-state index contributed by atoms with van der Waals surface area (Å²) in [5.41, 5.74) is 0. The number of benzene rings is 1. The lowest BCUT2D eigenvalue weighted by Gasteiger charge is -2.40. The molecule has 1 amide bonds. The summed E-state index contributed by atoms with van der Waals surface area (Å²) in [7, 11) is 0. The van der Waals surface area contributed by atoms with Crippen molar-refractivity contribution in [2.24, 2.45) is 11.8 Å². The molecule has 1 aromatic carbocycles. The number of carbonyl (C=O) groups is 1. The van der Waals surface area contributed by atoms with Crippen molar-refractivity contribution >= 4 is 22.5 Å². The Hall–Kier alpha value is -2.14. The predicted octanol–water partition coefficient (Wildman–Crippen LogP) is 3.73. The highest BCUT2D eigenvalue weighted by Gasteiger charge is 2.31. The van der Waals surface area contributed by atoms with E-state index in [9.17, 15) is 4.79 Å². The zero-order valence-electron chi connectivity index (χ0n) is 16.8. The van der Waals surface area contributed by atoms with Gasteiger partial charge >= 0.3 is 0 Å². The monoisotopic (exact) mass is 381 g/mol. The number of aromatic nitrogens is 1. The van der Waals surface area contributed by atoms with Gasteiger partial charge in [0.25, 0.3) is 0 Å². The van der Waals surface area contributed by atoms with E-state index in [4.69, 9.17) is 9.72 Å². The number of rotatable bonds is 5. The molecule has 28 heavy (non-hydrogen) atoms. The number of nitrogens with zero attached hydrogens (tertiary/aromatic N) is 3. The SMILES string of the molecule is CCOCC(=O)N1CCC(C2CCN(c3nccc4ccccc34)CC2)CC1. The van der Waals surface area contributed by atoms with E-state index in [1.54, 1.807) is 0 Å². The van der Waals surface area contributed by atoms with Crippen molar-refractivity contribution < 1.29 is 9.53 Å². The minimum absolute atomic E-state index is 0.150. The lowest BCUT2D eigenvalue weighted by molar-refractivity contribution is -0.137. The van der Waals surface area contributed by atoms with E-state index in [2.05, 4.69) is 35.2 Å². The van der Waals surface area contributed by atoms with Crippen molar-refractivity contribution in [2.45, 2.75) is 32.6 Å². The predicted molar refractivity (Wildman–Crippen MR) is 112 cm³/mol. The highest BCUT2D eigenvalue weighted by molar-refractivity contribution is 5.92. The number of carbonyl (C=O) groups excluding carboxylic acids is 1. The Morgan fingerprint density at radius 1 is 1.04 bits per heavy atom. The lowest BCUT2D eigenvalue weighted by atomic mass is 9.78. The van der Waals surface area contributed by atoms with Gasteiger partial charge in [-0.05, 0) is 55.9 Å². The molecule has 0 atom stereocenters. The Morgan fingerprint density at radius 3 is 2.43 bits per heavy atom.